The zero-order chi connectivity index (χ0) is 25.6. The molecule has 36 heavy (non-hydrogen) atoms. The van der Waals surface area contributed by atoms with E-state index in [-0.39, 0.29) is 11.3 Å². The van der Waals surface area contributed by atoms with E-state index in [1.807, 2.05) is 12.1 Å². The number of aromatic amines is 1. The van der Waals surface area contributed by atoms with E-state index in [0.29, 0.717) is 33.4 Å². The van der Waals surface area contributed by atoms with Crippen LogP contribution in [-0.4, -0.2) is 30.1 Å². The van der Waals surface area contributed by atoms with Crippen molar-refractivity contribution in [3.8, 4) is 28.1 Å². The number of sulfonamides is 1. The third kappa shape index (κ3) is 4.46. The minimum atomic E-state index is -3.55. The van der Waals surface area contributed by atoms with Crippen molar-refractivity contribution in [3.63, 3.8) is 0 Å². The van der Waals surface area contributed by atoms with Crippen LogP contribution >= 0.6 is 0 Å². The average Bonchev–Trinajstić information content (AvgIpc) is 3.46. The maximum absolute atomic E-state index is 14.8. The number of anilines is 1. The predicted molar refractivity (Wildman–Crippen MR) is 135 cm³/mol. The van der Waals surface area contributed by atoms with E-state index in [0.717, 1.165) is 18.0 Å². The molecule has 0 radical (unpaired) electrons. The highest BCUT2D eigenvalue weighted by atomic mass is 32.2. The number of aromatic nitrogens is 2. The SMILES string of the molecule is CS(=O)(=O)Nc1ccc2cc(C(N)=O)n(-c3cc(-c4ccc[nH]4)cc(-c4ccc(F)cc4F)c3)c2c1. The quantitative estimate of drug-likeness (QED) is 0.300. The Morgan fingerprint density at radius 1 is 0.972 bits per heavy atom. The third-order valence-electron chi connectivity index (χ3n) is 5.69. The summed E-state index contributed by atoms with van der Waals surface area (Å²) in [4.78, 5) is 15.5. The molecule has 0 aliphatic carbocycles. The Labute approximate surface area is 205 Å². The van der Waals surface area contributed by atoms with Crippen LogP contribution in [-0.2, 0) is 10.0 Å². The minimum absolute atomic E-state index is 0.149. The standard InChI is InChI=1S/C26H20F2N4O3S/c1-36(34,35)31-19-6-4-15-12-25(26(29)33)32(24(15)14-19)20-10-16(21-7-5-18(27)13-22(21)28)9-17(11-20)23-3-2-8-30-23/h2-14,30-31H,1H3,(H2,29,33). The van der Waals surface area contributed by atoms with Gasteiger partial charge in [-0.1, -0.05) is 6.07 Å². The summed E-state index contributed by atoms with van der Waals surface area (Å²) in [6.07, 6.45) is 2.78. The topological polar surface area (TPSA) is 110 Å². The molecule has 7 nitrogen and oxygen atoms in total. The van der Waals surface area contributed by atoms with Gasteiger partial charge in [-0.15, -0.1) is 0 Å². The van der Waals surface area contributed by atoms with Gasteiger partial charge in [-0.2, -0.15) is 0 Å². The minimum Gasteiger partial charge on any atom is -0.364 e. The van der Waals surface area contributed by atoms with Gasteiger partial charge < -0.3 is 15.3 Å². The van der Waals surface area contributed by atoms with Gasteiger partial charge in [0.1, 0.15) is 17.3 Å². The Hall–Kier alpha value is -4.44. The first kappa shape index (κ1) is 23.3. The van der Waals surface area contributed by atoms with E-state index < -0.39 is 27.6 Å². The number of H-pyrrole nitrogens is 1. The Kier molecular flexibility index (Phi) is 5.60. The van der Waals surface area contributed by atoms with Crippen LogP contribution in [0.1, 0.15) is 10.5 Å². The molecule has 3 aromatic carbocycles. The maximum atomic E-state index is 14.8. The van der Waals surface area contributed by atoms with Gasteiger partial charge in [0.2, 0.25) is 10.0 Å². The Bertz CT molecular complexity index is 1740. The summed E-state index contributed by atoms with van der Waals surface area (Å²) in [5.74, 6) is -2.14. The molecule has 1 amide bonds. The summed E-state index contributed by atoms with van der Waals surface area (Å²) in [6, 6.07) is 18.6. The molecule has 5 rings (SSSR count). The number of carbonyl (C=O) groups excluding carboxylic acids is 1. The number of nitrogens with one attached hydrogen (secondary N) is 2. The first-order valence-corrected chi connectivity index (χ1v) is 12.7. The summed E-state index contributed by atoms with van der Waals surface area (Å²) < 4.78 is 55.9. The number of hydrogen-bond acceptors (Lipinski definition) is 3. The van der Waals surface area contributed by atoms with E-state index in [9.17, 15) is 22.0 Å². The second-order valence-electron chi connectivity index (χ2n) is 8.35. The van der Waals surface area contributed by atoms with Crippen molar-refractivity contribution in [3.05, 3.63) is 96.3 Å². The molecule has 5 aromatic rings. The monoisotopic (exact) mass is 506 g/mol. The van der Waals surface area contributed by atoms with Crippen molar-refractivity contribution in [1.29, 1.82) is 0 Å². The molecule has 0 atom stereocenters. The average molecular weight is 507 g/mol. The number of fused-ring (bicyclic) bond motifs is 1. The fourth-order valence-electron chi connectivity index (χ4n) is 4.22. The maximum Gasteiger partial charge on any atom is 0.265 e. The predicted octanol–water partition coefficient (Wildman–Crippen LogP) is 5.04. The number of nitrogens with zero attached hydrogens (tertiary/aromatic N) is 1. The van der Waals surface area contributed by atoms with Crippen molar-refractivity contribution in [2.24, 2.45) is 5.73 Å². The van der Waals surface area contributed by atoms with E-state index in [4.69, 9.17) is 5.73 Å². The van der Waals surface area contributed by atoms with Gasteiger partial charge in [-0.05, 0) is 66.2 Å². The summed E-state index contributed by atoms with van der Waals surface area (Å²) in [6.45, 7) is 0. The smallest absolute Gasteiger partial charge is 0.265 e. The van der Waals surface area contributed by atoms with Gasteiger partial charge in [-0.25, -0.2) is 17.2 Å². The van der Waals surface area contributed by atoms with E-state index >= 15 is 0 Å². The molecule has 0 saturated carbocycles. The molecule has 0 saturated heterocycles. The highest BCUT2D eigenvalue weighted by Crippen LogP contribution is 2.34. The number of primary amides is 1. The molecule has 4 N–H and O–H groups in total. The number of amides is 1. The number of benzene rings is 3. The second kappa shape index (κ2) is 8.65. The molecule has 0 unspecified atom stereocenters. The Balaban J connectivity index is 1.81. The Morgan fingerprint density at radius 3 is 2.42 bits per heavy atom. The van der Waals surface area contributed by atoms with Gasteiger partial charge in [0.15, 0.2) is 0 Å². The molecule has 0 aliphatic rings. The second-order valence-corrected chi connectivity index (χ2v) is 10.1. The molecule has 0 aliphatic heterocycles. The molecule has 0 bridgehead atoms. The van der Waals surface area contributed by atoms with Crippen LogP contribution in [0.25, 0.3) is 39.0 Å². The highest BCUT2D eigenvalue weighted by Gasteiger charge is 2.18. The zero-order valence-electron chi connectivity index (χ0n) is 18.9. The van der Waals surface area contributed by atoms with Crippen molar-refractivity contribution in [1.82, 2.24) is 9.55 Å². The Morgan fingerprint density at radius 2 is 1.75 bits per heavy atom. The molecule has 182 valence electrons. The van der Waals surface area contributed by atoms with Crippen molar-refractivity contribution in [2.45, 2.75) is 0 Å². The van der Waals surface area contributed by atoms with Gasteiger partial charge in [0.25, 0.3) is 5.91 Å². The first-order valence-electron chi connectivity index (χ1n) is 10.8. The number of halogens is 2. The lowest BCUT2D eigenvalue weighted by molar-refractivity contribution is 0.0994. The summed E-state index contributed by atoms with van der Waals surface area (Å²) in [7, 11) is -3.55. The van der Waals surface area contributed by atoms with Crippen molar-refractivity contribution in [2.75, 3.05) is 11.0 Å². The zero-order valence-corrected chi connectivity index (χ0v) is 19.7. The summed E-state index contributed by atoms with van der Waals surface area (Å²) >= 11 is 0. The van der Waals surface area contributed by atoms with Crippen LogP contribution < -0.4 is 10.5 Å². The van der Waals surface area contributed by atoms with Gasteiger partial charge >= 0.3 is 0 Å². The van der Waals surface area contributed by atoms with Gasteiger partial charge in [-0.3, -0.25) is 9.52 Å². The van der Waals surface area contributed by atoms with Crippen LogP contribution in [0.5, 0.6) is 0 Å². The molecule has 2 aromatic heterocycles. The highest BCUT2D eigenvalue weighted by molar-refractivity contribution is 7.92. The van der Waals surface area contributed by atoms with Gasteiger partial charge in [0.05, 0.1) is 17.5 Å². The van der Waals surface area contributed by atoms with Crippen molar-refractivity contribution < 1.29 is 22.0 Å². The van der Waals surface area contributed by atoms with Crippen LogP contribution in [0.2, 0.25) is 0 Å². The van der Waals surface area contributed by atoms with E-state index in [2.05, 4.69) is 9.71 Å². The molecule has 2 heterocycles. The number of nitrogens with two attached hydrogens (primary N) is 1. The van der Waals surface area contributed by atoms with Crippen LogP contribution in [0.4, 0.5) is 14.5 Å². The summed E-state index contributed by atoms with van der Waals surface area (Å²) in [5, 5.41) is 0.641. The fourth-order valence-corrected chi connectivity index (χ4v) is 4.78. The van der Waals surface area contributed by atoms with E-state index in [1.54, 1.807) is 53.2 Å². The van der Waals surface area contributed by atoms with E-state index in [1.165, 1.54) is 12.1 Å². The molecular weight excluding hydrogens is 486 g/mol. The normalized spacial score (nSPS) is 11.6. The largest absolute Gasteiger partial charge is 0.364 e. The lowest BCUT2D eigenvalue weighted by Crippen LogP contribution is -2.16. The number of carbonyl (C=O) groups is 1. The fraction of sp³-hybridized carbons (Fsp3) is 0.0385. The molecule has 10 heteroatoms. The molecule has 0 fully saturated rings. The third-order valence-corrected chi connectivity index (χ3v) is 6.29. The van der Waals surface area contributed by atoms with Crippen LogP contribution in [0, 0.1) is 11.6 Å². The summed E-state index contributed by atoms with van der Waals surface area (Å²) in [5.41, 5.74) is 9.15. The van der Waals surface area contributed by atoms with Gasteiger partial charge in [0, 0.05) is 40.2 Å². The lowest BCUT2D eigenvalue weighted by atomic mass is 9.99. The molecular formula is C26H20F2N4O3S. The van der Waals surface area contributed by atoms with Crippen LogP contribution in [0.3, 0.4) is 0 Å². The molecule has 0 spiro atoms. The lowest BCUT2D eigenvalue weighted by Gasteiger charge is -2.15. The van der Waals surface area contributed by atoms with Crippen LogP contribution in [0.15, 0.2) is 79.0 Å². The van der Waals surface area contributed by atoms with Crippen molar-refractivity contribution >= 4 is 32.5 Å². The number of hydrogen-bond donors (Lipinski definition) is 3. The first-order chi connectivity index (χ1) is 17.1. The number of rotatable bonds is 6.